The molecule has 0 amide bonds. The maximum atomic E-state index is 12.0. The minimum atomic E-state index is -0.529. The third-order valence-corrected chi connectivity index (χ3v) is 2.53. The van der Waals surface area contributed by atoms with Crippen molar-refractivity contribution in [2.75, 3.05) is 6.61 Å². The molecule has 1 atom stereocenters. The average molecular weight is 255 g/mol. The summed E-state index contributed by atoms with van der Waals surface area (Å²) < 4.78 is 5.65. The van der Waals surface area contributed by atoms with E-state index in [1.807, 2.05) is 25.1 Å². The zero-order chi connectivity index (χ0) is 13.0. The van der Waals surface area contributed by atoms with E-state index < -0.39 is 5.38 Å². The van der Waals surface area contributed by atoms with Crippen LogP contribution in [0.25, 0.3) is 0 Å². The lowest BCUT2D eigenvalue weighted by Crippen LogP contribution is -2.14. The molecule has 3 heteroatoms. The molecule has 0 radical (unpaired) electrons. The third-order valence-electron chi connectivity index (χ3n) is 2.33. The predicted octanol–water partition coefficient (Wildman–Crippen LogP) is 3.84. The molecule has 0 heterocycles. The number of alkyl halides is 1. The monoisotopic (exact) mass is 254 g/mol. The number of halogens is 1. The van der Waals surface area contributed by atoms with Gasteiger partial charge >= 0.3 is 0 Å². The number of carbonyl (C=O) groups excluding carboxylic acids is 1. The molecule has 94 valence electrons. The zero-order valence-corrected chi connectivity index (χ0v) is 11.5. The van der Waals surface area contributed by atoms with Crippen LogP contribution in [0, 0.1) is 12.8 Å². The largest absolute Gasteiger partial charge is 0.493 e. The van der Waals surface area contributed by atoms with Crippen LogP contribution in [0.15, 0.2) is 18.2 Å². The molecule has 0 saturated heterocycles. The summed E-state index contributed by atoms with van der Waals surface area (Å²) in [5.41, 5.74) is 1.61. The van der Waals surface area contributed by atoms with Crippen LogP contribution in [0.4, 0.5) is 0 Å². The lowest BCUT2D eigenvalue weighted by atomic mass is 10.0. The molecule has 1 aromatic carbocycles. The number of benzene rings is 1. The number of Topliss-reactive ketones (excluding diaryl/α,β-unsaturated/α-hetero) is 1. The van der Waals surface area contributed by atoms with Gasteiger partial charge in [0.15, 0.2) is 5.78 Å². The van der Waals surface area contributed by atoms with Gasteiger partial charge < -0.3 is 4.74 Å². The van der Waals surface area contributed by atoms with Gasteiger partial charge in [-0.05, 0) is 31.9 Å². The van der Waals surface area contributed by atoms with E-state index in [0.29, 0.717) is 23.8 Å². The summed E-state index contributed by atoms with van der Waals surface area (Å²) in [5, 5.41) is -0.529. The summed E-state index contributed by atoms with van der Waals surface area (Å²) in [5.74, 6) is 0.962. The van der Waals surface area contributed by atoms with Crippen molar-refractivity contribution in [3.63, 3.8) is 0 Å². The Morgan fingerprint density at radius 3 is 2.53 bits per heavy atom. The molecule has 1 aromatic rings. The first kappa shape index (κ1) is 14.0. The van der Waals surface area contributed by atoms with Gasteiger partial charge in [0.2, 0.25) is 0 Å². The Balaban J connectivity index is 2.99. The summed E-state index contributed by atoms with van der Waals surface area (Å²) in [6.45, 7) is 8.36. The van der Waals surface area contributed by atoms with E-state index in [9.17, 15) is 4.79 Å². The summed E-state index contributed by atoms with van der Waals surface area (Å²) in [4.78, 5) is 12.0. The van der Waals surface area contributed by atoms with E-state index in [1.54, 1.807) is 6.92 Å². The van der Waals surface area contributed by atoms with Gasteiger partial charge in [-0.3, -0.25) is 4.79 Å². The topological polar surface area (TPSA) is 26.3 Å². The van der Waals surface area contributed by atoms with Crippen molar-refractivity contribution in [1.29, 1.82) is 0 Å². The molecule has 1 unspecified atom stereocenters. The summed E-state index contributed by atoms with van der Waals surface area (Å²) in [6.07, 6.45) is 0. The standard InChI is InChI=1S/C14H19ClO2/c1-9(2)8-17-13-6-5-10(3)7-12(13)14(16)11(4)15/h5-7,9,11H,8H2,1-4H3. The molecule has 0 N–H and O–H groups in total. The number of ether oxygens (including phenoxy) is 1. The molecule has 0 aliphatic heterocycles. The van der Waals surface area contributed by atoms with Crippen LogP contribution in [0.3, 0.4) is 0 Å². The summed E-state index contributed by atoms with van der Waals surface area (Å²) in [6, 6.07) is 5.60. The van der Waals surface area contributed by atoms with Gasteiger partial charge in [0.05, 0.1) is 17.5 Å². The van der Waals surface area contributed by atoms with Crippen LogP contribution in [0.2, 0.25) is 0 Å². The van der Waals surface area contributed by atoms with Gasteiger partial charge in [0.1, 0.15) is 5.75 Å². The highest BCUT2D eigenvalue weighted by Gasteiger charge is 2.17. The van der Waals surface area contributed by atoms with Crippen LogP contribution < -0.4 is 4.74 Å². The van der Waals surface area contributed by atoms with Crippen LogP contribution in [-0.2, 0) is 0 Å². The van der Waals surface area contributed by atoms with Gasteiger partial charge in [0, 0.05) is 0 Å². The van der Waals surface area contributed by atoms with Gasteiger partial charge in [0.25, 0.3) is 0 Å². The van der Waals surface area contributed by atoms with Crippen molar-refractivity contribution in [3.05, 3.63) is 29.3 Å². The first-order valence-electron chi connectivity index (χ1n) is 5.83. The van der Waals surface area contributed by atoms with Crippen molar-refractivity contribution in [3.8, 4) is 5.75 Å². The van der Waals surface area contributed by atoms with Crippen LogP contribution in [-0.4, -0.2) is 17.8 Å². The third kappa shape index (κ3) is 4.04. The fourth-order valence-electron chi connectivity index (χ4n) is 1.43. The van der Waals surface area contributed by atoms with E-state index in [0.717, 1.165) is 5.56 Å². The van der Waals surface area contributed by atoms with E-state index >= 15 is 0 Å². The average Bonchev–Trinajstić information content (AvgIpc) is 2.26. The molecule has 0 spiro atoms. The van der Waals surface area contributed by atoms with Gasteiger partial charge in [-0.15, -0.1) is 11.6 Å². The highest BCUT2D eigenvalue weighted by atomic mass is 35.5. The Morgan fingerprint density at radius 2 is 2.00 bits per heavy atom. The highest BCUT2D eigenvalue weighted by molar-refractivity contribution is 6.33. The highest BCUT2D eigenvalue weighted by Crippen LogP contribution is 2.23. The first-order valence-corrected chi connectivity index (χ1v) is 6.27. The zero-order valence-electron chi connectivity index (χ0n) is 10.8. The lowest BCUT2D eigenvalue weighted by Gasteiger charge is -2.14. The van der Waals surface area contributed by atoms with E-state index in [1.165, 1.54) is 0 Å². The maximum absolute atomic E-state index is 12.0. The Morgan fingerprint density at radius 1 is 1.35 bits per heavy atom. The second kappa shape index (κ2) is 6.06. The second-order valence-corrected chi connectivity index (χ2v) is 5.34. The summed E-state index contributed by atoms with van der Waals surface area (Å²) in [7, 11) is 0. The lowest BCUT2D eigenvalue weighted by molar-refractivity contribution is 0.0987. The SMILES string of the molecule is Cc1ccc(OCC(C)C)c(C(=O)C(C)Cl)c1. The first-order chi connectivity index (χ1) is 7.91. The number of hydrogen-bond acceptors (Lipinski definition) is 2. The Hall–Kier alpha value is -1.02. The molecule has 2 nitrogen and oxygen atoms in total. The van der Waals surface area contributed by atoms with Crippen molar-refractivity contribution >= 4 is 17.4 Å². The van der Waals surface area contributed by atoms with Gasteiger partial charge in [-0.25, -0.2) is 0 Å². The van der Waals surface area contributed by atoms with Crippen LogP contribution in [0.1, 0.15) is 36.7 Å². The molecule has 0 aliphatic rings. The van der Waals surface area contributed by atoms with Gasteiger partial charge in [-0.1, -0.05) is 25.5 Å². The number of carbonyl (C=O) groups is 1. The second-order valence-electron chi connectivity index (χ2n) is 4.68. The van der Waals surface area contributed by atoms with Crippen molar-refractivity contribution < 1.29 is 9.53 Å². The number of aryl methyl sites for hydroxylation is 1. The maximum Gasteiger partial charge on any atom is 0.184 e. The minimum absolute atomic E-state index is 0.0888. The normalized spacial score (nSPS) is 12.6. The van der Waals surface area contributed by atoms with E-state index in [-0.39, 0.29) is 5.78 Å². The van der Waals surface area contributed by atoms with Gasteiger partial charge in [-0.2, -0.15) is 0 Å². The number of hydrogen-bond donors (Lipinski definition) is 0. The van der Waals surface area contributed by atoms with Crippen molar-refractivity contribution in [2.24, 2.45) is 5.92 Å². The smallest absolute Gasteiger partial charge is 0.184 e. The van der Waals surface area contributed by atoms with Crippen molar-refractivity contribution in [1.82, 2.24) is 0 Å². The molecular weight excluding hydrogens is 236 g/mol. The molecule has 17 heavy (non-hydrogen) atoms. The molecule has 0 saturated carbocycles. The predicted molar refractivity (Wildman–Crippen MR) is 71.2 cm³/mol. The minimum Gasteiger partial charge on any atom is -0.493 e. The Bertz CT molecular complexity index is 397. The number of ketones is 1. The molecule has 1 rings (SSSR count). The van der Waals surface area contributed by atoms with E-state index in [4.69, 9.17) is 16.3 Å². The fraction of sp³-hybridized carbons (Fsp3) is 0.500. The van der Waals surface area contributed by atoms with Crippen LogP contribution in [0.5, 0.6) is 5.75 Å². The molecular formula is C14H19ClO2. The van der Waals surface area contributed by atoms with E-state index in [2.05, 4.69) is 13.8 Å². The Labute approximate surface area is 108 Å². The molecule has 0 bridgehead atoms. The quantitative estimate of drug-likeness (QED) is 0.590. The molecule has 0 fully saturated rings. The van der Waals surface area contributed by atoms with Crippen molar-refractivity contribution in [2.45, 2.75) is 33.1 Å². The fourth-order valence-corrected chi connectivity index (χ4v) is 1.55. The molecule has 0 aromatic heterocycles. The number of rotatable bonds is 5. The summed E-state index contributed by atoms with van der Waals surface area (Å²) >= 11 is 5.84. The molecule has 0 aliphatic carbocycles. The Kier molecular flexibility index (Phi) is 5.01. The van der Waals surface area contributed by atoms with Crippen LogP contribution >= 0.6 is 11.6 Å².